The number of pyridine rings is 1. The predicted molar refractivity (Wildman–Crippen MR) is 117 cm³/mol. The van der Waals surface area contributed by atoms with Gasteiger partial charge >= 0.3 is 6.18 Å². The van der Waals surface area contributed by atoms with Crippen molar-refractivity contribution in [2.75, 3.05) is 13.2 Å². The lowest BCUT2D eigenvalue weighted by Gasteiger charge is -2.15. The van der Waals surface area contributed by atoms with Gasteiger partial charge in [-0.3, -0.25) is 14.6 Å². The van der Waals surface area contributed by atoms with Gasteiger partial charge in [0.05, 0.1) is 18.5 Å². The Hall–Kier alpha value is -3.96. The number of hydrogen-bond donors (Lipinski definition) is 2. The molecule has 198 valence electrons. The van der Waals surface area contributed by atoms with Gasteiger partial charge in [-0.25, -0.2) is 9.37 Å². The largest absolute Gasteiger partial charge is 0.485 e. The molecule has 1 aromatic carbocycles. The van der Waals surface area contributed by atoms with Crippen molar-refractivity contribution < 1.29 is 46.5 Å². The van der Waals surface area contributed by atoms with E-state index in [4.69, 9.17) is 31.4 Å². The third-order valence-corrected chi connectivity index (χ3v) is 4.57. The molecule has 0 aliphatic rings. The van der Waals surface area contributed by atoms with Gasteiger partial charge in [-0.05, 0) is 6.07 Å². The molecule has 0 spiro atoms. The van der Waals surface area contributed by atoms with Gasteiger partial charge in [-0.15, -0.1) is 0 Å². The van der Waals surface area contributed by atoms with Crippen LogP contribution >= 0.6 is 11.6 Å². The highest BCUT2D eigenvalue weighted by atomic mass is 35.5. The van der Waals surface area contributed by atoms with E-state index < -0.39 is 65.0 Å². The van der Waals surface area contributed by atoms with Crippen LogP contribution in [0.2, 0.25) is 5.02 Å². The molecule has 0 aliphatic carbocycles. The second kappa shape index (κ2) is 12.3. The van der Waals surface area contributed by atoms with Gasteiger partial charge in [-0.1, -0.05) is 25.4 Å². The fraction of sp³-hybridized carbons (Fsp3) is 0.273. The van der Waals surface area contributed by atoms with E-state index in [0.29, 0.717) is 10.9 Å². The highest BCUT2D eigenvalue weighted by molar-refractivity contribution is 6.30. The standard InChI is InChI=1S/C20H13ClF5N4O5.C2H6/c21-11-3-10(6-27)16(23)15(4-11)35-17-18(20(24,25)26)28-9-29(19(17)32)8-14-13(22)5-12(7-30(14)33)34-2-1-31;1-2/h3-5,7,9,31,33H,1-2,8H2;1-2H3/q+1;. The summed E-state index contributed by atoms with van der Waals surface area (Å²) in [5, 5.41) is 27.5. The molecule has 0 saturated heterocycles. The number of halogens is 6. The average molecular weight is 550 g/mol. The van der Waals surface area contributed by atoms with Crippen molar-refractivity contribution in [2.24, 2.45) is 0 Å². The fourth-order valence-corrected chi connectivity index (χ4v) is 3.02. The first-order chi connectivity index (χ1) is 17.5. The quantitative estimate of drug-likeness (QED) is 0.261. The minimum atomic E-state index is -5.21. The Bertz CT molecular complexity index is 1350. The zero-order valence-corrected chi connectivity index (χ0v) is 19.9. The number of nitrogens with zero attached hydrogens (tertiary/aromatic N) is 4. The van der Waals surface area contributed by atoms with E-state index in [0.717, 1.165) is 24.4 Å². The van der Waals surface area contributed by atoms with Gasteiger partial charge < -0.3 is 14.6 Å². The molecule has 0 atom stereocenters. The van der Waals surface area contributed by atoms with Crippen LogP contribution in [0, 0.1) is 23.0 Å². The summed E-state index contributed by atoms with van der Waals surface area (Å²) in [6.07, 6.45) is -3.89. The maximum absolute atomic E-state index is 14.5. The Morgan fingerprint density at radius 3 is 2.49 bits per heavy atom. The van der Waals surface area contributed by atoms with E-state index in [9.17, 15) is 32.0 Å². The molecule has 0 saturated carbocycles. The lowest BCUT2D eigenvalue weighted by Crippen LogP contribution is -2.39. The molecule has 37 heavy (non-hydrogen) atoms. The molecule has 3 aromatic rings. The van der Waals surface area contributed by atoms with Crippen LogP contribution < -0.4 is 19.8 Å². The fourth-order valence-electron chi connectivity index (χ4n) is 2.81. The number of aromatic nitrogens is 3. The Morgan fingerprint density at radius 1 is 1.24 bits per heavy atom. The number of alkyl halides is 3. The van der Waals surface area contributed by atoms with Crippen LogP contribution in [0.4, 0.5) is 22.0 Å². The van der Waals surface area contributed by atoms with Crippen LogP contribution in [0.25, 0.3) is 0 Å². The molecule has 2 heterocycles. The maximum atomic E-state index is 14.5. The first-order valence-electron chi connectivity index (χ1n) is 10.4. The van der Waals surface area contributed by atoms with E-state index in [1.54, 1.807) is 0 Å². The Balaban J connectivity index is 0.00000235. The molecule has 0 radical (unpaired) electrons. The second-order valence-electron chi connectivity index (χ2n) is 6.72. The van der Waals surface area contributed by atoms with Crippen LogP contribution in [-0.4, -0.2) is 33.1 Å². The summed E-state index contributed by atoms with van der Waals surface area (Å²) >= 11 is 5.74. The van der Waals surface area contributed by atoms with Gasteiger partial charge in [0.1, 0.15) is 19.2 Å². The van der Waals surface area contributed by atoms with Crippen LogP contribution in [0.3, 0.4) is 0 Å². The SMILES string of the molecule is CC.N#Cc1cc(Cl)cc(Oc2c(C(F)(F)F)ncn(Cc3c(F)cc(OCCO)c[n+]3O)c2=O)c1F. The van der Waals surface area contributed by atoms with E-state index in [1.165, 1.54) is 6.07 Å². The lowest BCUT2D eigenvalue weighted by molar-refractivity contribution is -0.910. The summed E-state index contributed by atoms with van der Waals surface area (Å²) in [4.78, 5) is 16.0. The molecular weight excluding hydrogens is 531 g/mol. The van der Waals surface area contributed by atoms with Gasteiger partial charge in [0, 0.05) is 21.9 Å². The Morgan fingerprint density at radius 2 is 1.92 bits per heavy atom. The Labute approximate surface area is 211 Å². The summed E-state index contributed by atoms with van der Waals surface area (Å²) in [5.74, 6) is -5.11. The normalized spacial score (nSPS) is 10.8. The van der Waals surface area contributed by atoms with Gasteiger partial charge in [0.2, 0.25) is 11.6 Å². The molecule has 0 aliphatic heterocycles. The minimum absolute atomic E-state index is 0.186. The number of nitriles is 1. The smallest absolute Gasteiger partial charge is 0.437 e. The third kappa shape index (κ3) is 6.83. The Kier molecular flexibility index (Phi) is 9.75. The second-order valence-corrected chi connectivity index (χ2v) is 7.16. The van der Waals surface area contributed by atoms with Crippen molar-refractivity contribution >= 4 is 11.6 Å². The van der Waals surface area contributed by atoms with Crippen LogP contribution in [0.1, 0.15) is 30.8 Å². The molecule has 0 unspecified atom stereocenters. The monoisotopic (exact) mass is 549 g/mol. The van der Waals surface area contributed by atoms with Crippen molar-refractivity contribution in [2.45, 2.75) is 26.6 Å². The van der Waals surface area contributed by atoms with Crippen molar-refractivity contribution in [1.82, 2.24) is 9.55 Å². The minimum Gasteiger partial charge on any atom is -0.485 e. The van der Waals surface area contributed by atoms with Crippen LogP contribution in [0.15, 0.2) is 35.5 Å². The number of hydrogen-bond acceptors (Lipinski definition) is 7. The van der Waals surface area contributed by atoms with Crippen LogP contribution in [-0.2, 0) is 12.7 Å². The zero-order chi connectivity index (χ0) is 27.9. The third-order valence-electron chi connectivity index (χ3n) is 4.35. The van der Waals surface area contributed by atoms with Gasteiger partial charge in [0.15, 0.2) is 23.0 Å². The summed E-state index contributed by atoms with van der Waals surface area (Å²) < 4.78 is 80.0. The molecule has 2 N–H and O–H groups in total. The number of aliphatic hydroxyl groups is 1. The first-order valence-corrected chi connectivity index (χ1v) is 10.7. The topological polar surface area (TPSA) is 121 Å². The van der Waals surface area contributed by atoms with Gasteiger partial charge in [-0.2, -0.15) is 22.8 Å². The first kappa shape index (κ1) is 29.3. The molecule has 0 bridgehead atoms. The maximum Gasteiger partial charge on any atom is 0.437 e. The molecule has 0 fully saturated rings. The van der Waals surface area contributed by atoms with Gasteiger partial charge in [0.25, 0.3) is 17.5 Å². The van der Waals surface area contributed by atoms with E-state index in [-0.39, 0.29) is 22.1 Å². The van der Waals surface area contributed by atoms with Crippen LogP contribution in [0.5, 0.6) is 17.2 Å². The summed E-state index contributed by atoms with van der Waals surface area (Å²) in [6.45, 7) is 2.56. The van der Waals surface area contributed by atoms with Crippen molar-refractivity contribution in [3.05, 3.63) is 74.7 Å². The zero-order valence-electron chi connectivity index (χ0n) is 19.2. The summed E-state index contributed by atoms with van der Waals surface area (Å²) in [7, 11) is 0. The van der Waals surface area contributed by atoms with Crippen molar-refractivity contribution in [1.29, 1.82) is 5.26 Å². The average Bonchev–Trinajstić information content (AvgIpc) is 2.84. The lowest BCUT2D eigenvalue weighted by atomic mass is 10.2. The molecule has 2 aromatic heterocycles. The highest BCUT2D eigenvalue weighted by Gasteiger charge is 2.39. The summed E-state index contributed by atoms with van der Waals surface area (Å²) in [6, 6.07) is 3.89. The highest BCUT2D eigenvalue weighted by Crippen LogP contribution is 2.36. The number of rotatable bonds is 7. The van der Waals surface area contributed by atoms with E-state index in [1.807, 2.05) is 13.8 Å². The van der Waals surface area contributed by atoms with Crippen molar-refractivity contribution in [3.63, 3.8) is 0 Å². The molecular formula is C22H19ClF5N4O5+. The number of benzene rings is 1. The van der Waals surface area contributed by atoms with E-state index in [2.05, 4.69) is 4.98 Å². The van der Waals surface area contributed by atoms with E-state index >= 15 is 0 Å². The molecule has 9 nitrogen and oxygen atoms in total. The molecule has 15 heteroatoms. The number of aliphatic hydroxyl groups excluding tert-OH is 1. The van der Waals surface area contributed by atoms with Crippen molar-refractivity contribution in [3.8, 4) is 23.3 Å². The molecule has 3 rings (SSSR count). The number of ether oxygens (including phenoxy) is 2. The summed E-state index contributed by atoms with van der Waals surface area (Å²) in [5.41, 5.74) is -4.57. The molecule has 0 amide bonds. The predicted octanol–water partition coefficient (Wildman–Crippen LogP) is 3.83.